The first-order chi connectivity index (χ1) is 19.0. The Kier molecular flexibility index (Phi) is 6.87. The van der Waals surface area contributed by atoms with Gasteiger partial charge in [0.2, 0.25) is 5.91 Å². The van der Waals surface area contributed by atoms with Gasteiger partial charge in [0.15, 0.2) is 15.5 Å². The highest BCUT2D eigenvalue weighted by Crippen LogP contribution is 2.41. The van der Waals surface area contributed by atoms with E-state index in [0.717, 1.165) is 56.3 Å². The maximum absolute atomic E-state index is 13.0. The second-order valence-corrected chi connectivity index (χ2v) is 13.9. The summed E-state index contributed by atoms with van der Waals surface area (Å²) in [6.07, 6.45) is 7.23. The highest BCUT2D eigenvalue weighted by Gasteiger charge is 2.34. The van der Waals surface area contributed by atoms with E-state index in [1.807, 2.05) is 31.4 Å². The van der Waals surface area contributed by atoms with E-state index in [0.29, 0.717) is 35.0 Å². The van der Waals surface area contributed by atoms with Crippen LogP contribution in [0.1, 0.15) is 82.5 Å². The van der Waals surface area contributed by atoms with Crippen molar-refractivity contribution in [3.05, 3.63) is 35.7 Å². The van der Waals surface area contributed by atoms with Crippen molar-refractivity contribution in [3.63, 3.8) is 0 Å². The summed E-state index contributed by atoms with van der Waals surface area (Å²) in [5.74, 6) is 1.08. The third-order valence-electron chi connectivity index (χ3n) is 7.98. The molecular weight excluding hydrogens is 530 g/mol. The van der Waals surface area contributed by atoms with E-state index < -0.39 is 9.84 Å². The smallest absolute Gasteiger partial charge is 0.228 e. The van der Waals surface area contributed by atoms with Crippen LogP contribution in [0.5, 0.6) is 0 Å². The van der Waals surface area contributed by atoms with Gasteiger partial charge in [0.05, 0.1) is 28.0 Å². The third-order valence-corrected chi connectivity index (χ3v) is 9.12. The van der Waals surface area contributed by atoms with Gasteiger partial charge in [-0.15, -0.1) is 0 Å². The van der Waals surface area contributed by atoms with Crippen molar-refractivity contribution < 1.29 is 22.7 Å². The van der Waals surface area contributed by atoms with Crippen LogP contribution in [0.3, 0.4) is 0 Å². The molecule has 3 aliphatic rings. The molecule has 3 aromatic rings. The minimum absolute atomic E-state index is 0.00870. The summed E-state index contributed by atoms with van der Waals surface area (Å²) in [5, 5.41) is 6.28. The molecule has 2 aliphatic heterocycles. The molecule has 6 rings (SSSR count). The number of nitrogens with zero attached hydrogens (tertiary/aromatic N) is 3. The first-order valence-electron chi connectivity index (χ1n) is 14.1. The maximum Gasteiger partial charge on any atom is 0.228 e. The van der Waals surface area contributed by atoms with Crippen LogP contribution >= 0.6 is 0 Å². The number of benzene rings is 1. The molecule has 2 atom stereocenters. The number of carbonyl (C=O) groups is 1. The topological polar surface area (TPSA) is 124 Å². The number of rotatable bonds is 7. The number of hydrogen-bond donors (Lipinski definition) is 2. The lowest BCUT2D eigenvalue weighted by atomic mass is 10.0. The Bertz CT molecular complexity index is 1570. The first kappa shape index (κ1) is 27.2. The Morgan fingerprint density at radius 1 is 1.07 bits per heavy atom. The Morgan fingerprint density at radius 2 is 1.88 bits per heavy atom. The van der Waals surface area contributed by atoms with Crippen LogP contribution in [0.15, 0.2) is 29.2 Å². The van der Waals surface area contributed by atoms with Crippen molar-refractivity contribution in [1.29, 1.82) is 0 Å². The van der Waals surface area contributed by atoms with E-state index in [2.05, 4.69) is 10.6 Å². The number of hydrogen-bond acceptors (Lipinski definition) is 8. The number of anilines is 3. The second-order valence-electron chi connectivity index (χ2n) is 11.9. The van der Waals surface area contributed by atoms with Gasteiger partial charge in [-0.25, -0.2) is 18.4 Å². The zero-order chi connectivity index (χ0) is 28.2. The van der Waals surface area contributed by atoms with Crippen molar-refractivity contribution in [2.45, 2.75) is 88.5 Å². The van der Waals surface area contributed by atoms with Crippen molar-refractivity contribution in [2.75, 3.05) is 23.5 Å². The van der Waals surface area contributed by atoms with E-state index in [1.54, 1.807) is 18.2 Å². The van der Waals surface area contributed by atoms with Gasteiger partial charge < -0.3 is 20.1 Å². The fourth-order valence-corrected chi connectivity index (χ4v) is 6.56. The number of pyridine rings is 1. The minimum atomic E-state index is -3.59. The monoisotopic (exact) mass is 567 g/mol. The average molecular weight is 568 g/mol. The van der Waals surface area contributed by atoms with E-state index in [9.17, 15) is 13.2 Å². The summed E-state index contributed by atoms with van der Waals surface area (Å²) >= 11 is 0. The normalized spacial score (nSPS) is 22.9. The van der Waals surface area contributed by atoms with Crippen LogP contribution in [0.4, 0.5) is 17.2 Å². The quantitative estimate of drug-likeness (QED) is 0.380. The Balaban J connectivity index is 1.42. The summed E-state index contributed by atoms with van der Waals surface area (Å²) < 4.78 is 40.2. The number of carbonyl (C=O) groups excluding carboxylic acids is 1. The minimum Gasteiger partial charge on any atom is -0.368 e. The van der Waals surface area contributed by atoms with Crippen molar-refractivity contribution in [2.24, 2.45) is 5.92 Å². The molecule has 1 saturated carbocycles. The molecule has 1 aromatic carbocycles. The van der Waals surface area contributed by atoms with Crippen LogP contribution < -0.4 is 10.6 Å². The summed E-state index contributed by atoms with van der Waals surface area (Å²) in [6, 6.07) is 7.13. The number of sulfone groups is 1. The number of ether oxygens (including phenoxy) is 2. The molecule has 214 valence electrons. The molecule has 2 aromatic heterocycles. The van der Waals surface area contributed by atoms with E-state index in [-0.39, 0.29) is 34.7 Å². The van der Waals surface area contributed by atoms with Crippen molar-refractivity contribution in [1.82, 2.24) is 14.5 Å². The van der Waals surface area contributed by atoms with Crippen LogP contribution in [-0.2, 0) is 24.1 Å². The van der Waals surface area contributed by atoms with E-state index >= 15 is 0 Å². The highest BCUT2D eigenvalue weighted by molar-refractivity contribution is 7.90. The van der Waals surface area contributed by atoms with Gasteiger partial charge in [0, 0.05) is 24.8 Å². The molecular formula is C29H37N5O5S. The molecule has 10 nitrogen and oxygen atoms in total. The molecule has 3 fully saturated rings. The molecule has 0 radical (unpaired) electrons. The number of imidazole rings is 1. The molecule has 1 unspecified atom stereocenters. The van der Waals surface area contributed by atoms with Gasteiger partial charge in [-0.1, -0.05) is 6.07 Å². The number of aryl methyl sites for hydroxylation is 1. The van der Waals surface area contributed by atoms with Gasteiger partial charge in [-0.2, -0.15) is 0 Å². The summed E-state index contributed by atoms with van der Waals surface area (Å²) in [4.78, 5) is 22.4. The molecule has 0 bridgehead atoms. The molecule has 40 heavy (non-hydrogen) atoms. The molecule has 11 heteroatoms. The van der Waals surface area contributed by atoms with Gasteiger partial charge >= 0.3 is 0 Å². The van der Waals surface area contributed by atoms with Crippen LogP contribution in [-0.4, -0.2) is 47.3 Å². The van der Waals surface area contributed by atoms with Crippen LogP contribution in [0.25, 0.3) is 11.2 Å². The molecule has 2 N–H and O–H groups in total. The molecule has 1 aliphatic carbocycles. The Labute approximate surface area is 234 Å². The van der Waals surface area contributed by atoms with Crippen LogP contribution in [0.2, 0.25) is 0 Å². The van der Waals surface area contributed by atoms with Gasteiger partial charge in [0.25, 0.3) is 0 Å². The fraction of sp³-hybridized carbons (Fsp3) is 0.552. The standard InChI is InChI=1S/C29H37N5O5S/c1-17-30-26-21(31-20-11-10-19(15-23(20)40(4,36)37)22-12-13-29(2,3)39-22)16-24(33-28(35)18-8-9-18)32-27(26)34(17)25-7-5-6-14-38-25/h10-11,15-16,18,22,25H,5-9,12-14H2,1-4H3,(H2,31,32,33,35)/t22-,25?/m1/s1. The Morgan fingerprint density at radius 3 is 2.52 bits per heavy atom. The largest absolute Gasteiger partial charge is 0.368 e. The lowest BCUT2D eigenvalue weighted by Crippen LogP contribution is -2.20. The molecule has 4 heterocycles. The zero-order valence-electron chi connectivity index (χ0n) is 23.5. The number of nitrogens with one attached hydrogen (secondary N) is 2. The number of amides is 1. The molecule has 1 amide bonds. The lowest BCUT2D eigenvalue weighted by Gasteiger charge is -2.25. The van der Waals surface area contributed by atoms with Crippen molar-refractivity contribution >= 4 is 44.1 Å². The summed E-state index contributed by atoms with van der Waals surface area (Å²) in [5.41, 5.74) is 2.75. The predicted molar refractivity (Wildman–Crippen MR) is 152 cm³/mol. The Hall–Kier alpha value is -3.02. The maximum atomic E-state index is 13.0. The highest BCUT2D eigenvalue weighted by atomic mass is 32.2. The van der Waals surface area contributed by atoms with Crippen molar-refractivity contribution in [3.8, 4) is 0 Å². The average Bonchev–Trinajstić information content (AvgIpc) is 3.61. The number of aromatic nitrogens is 3. The van der Waals surface area contributed by atoms with Gasteiger partial charge in [0.1, 0.15) is 23.4 Å². The summed E-state index contributed by atoms with van der Waals surface area (Å²) in [6.45, 7) is 6.67. The van der Waals surface area contributed by atoms with Gasteiger partial charge in [-0.05, 0) is 83.4 Å². The lowest BCUT2D eigenvalue weighted by molar-refractivity contribution is -0.117. The van der Waals surface area contributed by atoms with Crippen LogP contribution in [0, 0.1) is 12.8 Å². The van der Waals surface area contributed by atoms with Gasteiger partial charge in [-0.3, -0.25) is 9.36 Å². The molecule has 2 saturated heterocycles. The zero-order valence-corrected chi connectivity index (χ0v) is 24.3. The molecule has 0 spiro atoms. The first-order valence-corrected chi connectivity index (χ1v) is 16.0. The summed E-state index contributed by atoms with van der Waals surface area (Å²) in [7, 11) is -3.59. The second kappa shape index (κ2) is 10.1. The third kappa shape index (κ3) is 5.46. The predicted octanol–water partition coefficient (Wildman–Crippen LogP) is 5.56. The fourth-order valence-electron chi connectivity index (χ4n) is 5.69. The number of fused-ring (bicyclic) bond motifs is 1. The SMILES string of the molecule is Cc1nc2c(Nc3ccc([C@H]4CCC(C)(C)O4)cc3S(C)(=O)=O)cc(NC(=O)C3CC3)nc2n1C1CCCCO1. The van der Waals surface area contributed by atoms with E-state index in [4.69, 9.17) is 19.4 Å². The van der Waals surface area contributed by atoms with E-state index in [1.165, 1.54) is 6.26 Å².